The summed E-state index contributed by atoms with van der Waals surface area (Å²) in [5, 5.41) is 0. The number of carbonyl (C=O) groups excluding carboxylic acids is 3. The van der Waals surface area contributed by atoms with Gasteiger partial charge in [0.15, 0.2) is 0 Å². The fourth-order valence-corrected chi connectivity index (χ4v) is 2.24. The van der Waals surface area contributed by atoms with Gasteiger partial charge >= 0.3 is 17.9 Å². The van der Waals surface area contributed by atoms with Gasteiger partial charge in [-0.2, -0.15) is 0 Å². The molecule has 3 unspecified atom stereocenters. The number of carbonyl (C=O) groups is 3. The predicted molar refractivity (Wildman–Crippen MR) is 77.3 cm³/mol. The van der Waals surface area contributed by atoms with Gasteiger partial charge in [0.25, 0.3) is 0 Å². The minimum Gasteiger partial charge on any atom is -0.459 e. The van der Waals surface area contributed by atoms with Crippen LogP contribution in [0, 0.1) is 0 Å². The molecule has 0 aromatic heterocycles. The van der Waals surface area contributed by atoms with Crippen molar-refractivity contribution in [1.82, 2.24) is 0 Å². The molecule has 23 heavy (non-hydrogen) atoms. The first kappa shape index (κ1) is 17.0. The van der Waals surface area contributed by atoms with E-state index in [0.717, 1.165) is 0 Å². The Morgan fingerprint density at radius 3 is 2.35 bits per heavy atom. The van der Waals surface area contributed by atoms with Crippen LogP contribution in [0.5, 0.6) is 0 Å². The average molecular weight is 322 g/mol. The molecule has 1 aliphatic heterocycles. The molecule has 1 saturated heterocycles. The molecule has 7 heteroatoms. The van der Waals surface area contributed by atoms with E-state index in [-0.39, 0.29) is 13.0 Å². The van der Waals surface area contributed by atoms with Gasteiger partial charge in [0.1, 0.15) is 18.8 Å². The third-order valence-corrected chi connectivity index (χ3v) is 3.17. The van der Waals surface area contributed by atoms with Gasteiger partial charge < -0.3 is 18.9 Å². The van der Waals surface area contributed by atoms with Gasteiger partial charge in [-0.15, -0.1) is 0 Å². The highest BCUT2D eigenvalue weighted by Gasteiger charge is 2.40. The van der Waals surface area contributed by atoms with E-state index >= 15 is 0 Å². The van der Waals surface area contributed by atoms with Crippen molar-refractivity contribution in [2.24, 2.45) is 0 Å². The van der Waals surface area contributed by atoms with Crippen LogP contribution < -0.4 is 0 Å². The van der Waals surface area contributed by atoms with Crippen LogP contribution in [0.2, 0.25) is 0 Å². The first-order chi connectivity index (χ1) is 11.0. The van der Waals surface area contributed by atoms with Gasteiger partial charge in [-0.1, -0.05) is 18.2 Å². The summed E-state index contributed by atoms with van der Waals surface area (Å²) < 4.78 is 20.7. The molecule has 0 spiro atoms. The van der Waals surface area contributed by atoms with Gasteiger partial charge in [-0.3, -0.25) is 9.59 Å². The van der Waals surface area contributed by atoms with E-state index in [1.807, 2.05) is 0 Å². The molecular formula is C16H18O7. The SMILES string of the molecule is CC(=O)OC1CC(OC(C)=O)C(COC(=O)c2ccccc2)O1. The second-order valence-corrected chi connectivity index (χ2v) is 5.06. The summed E-state index contributed by atoms with van der Waals surface area (Å²) in [5.74, 6) is -1.49. The van der Waals surface area contributed by atoms with E-state index < -0.39 is 36.4 Å². The lowest BCUT2D eigenvalue weighted by Crippen LogP contribution is -2.31. The van der Waals surface area contributed by atoms with Crippen LogP contribution in [-0.4, -0.2) is 43.0 Å². The lowest BCUT2D eigenvalue weighted by Gasteiger charge is -2.17. The van der Waals surface area contributed by atoms with Crippen LogP contribution in [0.15, 0.2) is 30.3 Å². The fraction of sp³-hybridized carbons (Fsp3) is 0.438. The molecule has 1 heterocycles. The van der Waals surface area contributed by atoms with E-state index in [4.69, 9.17) is 18.9 Å². The van der Waals surface area contributed by atoms with E-state index in [2.05, 4.69) is 0 Å². The number of esters is 3. The summed E-state index contributed by atoms with van der Waals surface area (Å²) >= 11 is 0. The van der Waals surface area contributed by atoms with E-state index in [9.17, 15) is 14.4 Å². The molecule has 0 radical (unpaired) electrons. The Kier molecular flexibility index (Phi) is 5.70. The molecule has 7 nitrogen and oxygen atoms in total. The summed E-state index contributed by atoms with van der Waals surface area (Å²) in [6.07, 6.45) is -1.94. The Bertz CT molecular complexity index is 569. The van der Waals surface area contributed by atoms with E-state index in [1.165, 1.54) is 13.8 Å². The molecule has 0 saturated carbocycles. The van der Waals surface area contributed by atoms with Gasteiger partial charge in [0, 0.05) is 13.8 Å². The molecule has 0 N–H and O–H groups in total. The van der Waals surface area contributed by atoms with Crippen LogP contribution in [0.1, 0.15) is 30.6 Å². The molecule has 0 amide bonds. The molecule has 124 valence electrons. The second-order valence-electron chi connectivity index (χ2n) is 5.06. The van der Waals surface area contributed by atoms with Crippen LogP contribution in [0.25, 0.3) is 0 Å². The van der Waals surface area contributed by atoms with E-state index in [0.29, 0.717) is 5.56 Å². The second kappa shape index (κ2) is 7.73. The Morgan fingerprint density at radius 2 is 1.74 bits per heavy atom. The summed E-state index contributed by atoms with van der Waals surface area (Å²) in [5.41, 5.74) is 0.408. The number of hydrogen-bond acceptors (Lipinski definition) is 7. The van der Waals surface area contributed by atoms with Gasteiger partial charge in [0.05, 0.1) is 12.0 Å². The first-order valence-electron chi connectivity index (χ1n) is 7.17. The Labute approximate surface area is 133 Å². The highest BCUT2D eigenvalue weighted by molar-refractivity contribution is 5.89. The molecule has 1 aromatic rings. The minimum atomic E-state index is -0.822. The zero-order chi connectivity index (χ0) is 16.8. The summed E-state index contributed by atoms with van der Waals surface area (Å²) in [6.45, 7) is 2.42. The number of hydrogen-bond donors (Lipinski definition) is 0. The van der Waals surface area contributed by atoms with Crippen LogP contribution >= 0.6 is 0 Å². The lowest BCUT2D eigenvalue weighted by molar-refractivity contribution is -0.176. The topological polar surface area (TPSA) is 88.1 Å². The molecule has 1 fully saturated rings. The first-order valence-corrected chi connectivity index (χ1v) is 7.17. The monoisotopic (exact) mass is 322 g/mol. The molecule has 3 atom stereocenters. The average Bonchev–Trinajstić information content (AvgIpc) is 2.85. The minimum absolute atomic E-state index is 0.108. The van der Waals surface area contributed by atoms with Crippen molar-refractivity contribution in [3.05, 3.63) is 35.9 Å². The van der Waals surface area contributed by atoms with Crippen LogP contribution in [-0.2, 0) is 28.5 Å². The number of ether oxygens (including phenoxy) is 4. The molecule has 0 bridgehead atoms. The Balaban J connectivity index is 1.93. The predicted octanol–water partition coefficient (Wildman–Crippen LogP) is 1.45. The highest BCUT2D eigenvalue weighted by Crippen LogP contribution is 2.25. The lowest BCUT2D eigenvalue weighted by atomic mass is 10.2. The summed E-state index contributed by atoms with van der Waals surface area (Å²) in [7, 11) is 0. The van der Waals surface area contributed by atoms with Gasteiger partial charge in [0.2, 0.25) is 6.29 Å². The zero-order valence-electron chi connectivity index (χ0n) is 12.9. The van der Waals surface area contributed by atoms with Crippen molar-refractivity contribution in [1.29, 1.82) is 0 Å². The largest absolute Gasteiger partial charge is 0.459 e. The zero-order valence-corrected chi connectivity index (χ0v) is 12.9. The Morgan fingerprint density at radius 1 is 1.09 bits per heavy atom. The molecular weight excluding hydrogens is 304 g/mol. The molecule has 1 aromatic carbocycles. The number of benzene rings is 1. The van der Waals surface area contributed by atoms with Crippen molar-refractivity contribution >= 4 is 17.9 Å². The van der Waals surface area contributed by atoms with Crippen molar-refractivity contribution in [2.75, 3.05) is 6.61 Å². The van der Waals surface area contributed by atoms with Crippen molar-refractivity contribution in [2.45, 2.75) is 38.8 Å². The van der Waals surface area contributed by atoms with E-state index in [1.54, 1.807) is 30.3 Å². The van der Waals surface area contributed by atoms with Crippen LogP contribution in [0.3, 0.4) is 0 Å². The molecule has 0 aliphatic carbocycles. The normalized spacial score (nSPS) is 23.1. The standard InChI is InChI=1S/C16H18O7/c1-10(17)21-13-8-15(22-11(2)18)23-14(13)9-20-16(19)12-6-4-3-5-7-12/h3-7,13-15H,8-9H2,1-2H3. The number of rotatable bonds is 5. The third kappa shape index (κ3) is 5.07. The molecule has 1 aliphatic rings. The highest BCUT2D eigenvalue weighted by atomic mass is 16.7. The van der Waals surface area contributed by atoms with Crippen LogP contribution in [0.4, 0.5) is 0 Å². The maximum Gasteiger partial charge on any atom is 0.338 e. The summed E-state index contributed by atoms with van der Waals surface area (Å²) in [4.78, 5) is 34.1. The van der Waals surface area contributed by atoms with Crippen molar-refractivity contribution < 1.29 is 33.3 Å². The maximum absolute atomic E-state index is 11.9. The smallest absolute Gasteiger partial charge is 0.338 e. The molecule has 2 rings (SSSR count). The Hall–Kier alpha value is -2.41. The maximum atomic E-state index is 11.9. The third-order valence-electron chi connectivity index (χ3n) is 3.17. The summed E-state index contributed by atoms with van der Waals surface area (Å²) in [6, 6.07) is 8.49. The fourth-order valence-electron chi connectivity index (χ4n) is 2.24. The van der Waals surface area contributed by atoms with Gasteiger partial charge in [-0.25, -0.2) is 4.79 Å². The quantitative estimate of drug-likeness (QED) is 0.599. The van der Waals surface area contributed by atoms with Gasteiger partial charge in [-0.05, 0) is 12.1 Å². The van der Waals surface area contributed by atoms with Crippen molar-refractivity contribution in [3.63, 3.8) is 0 Å². The van der Waals surface area contributed by atoms with Crippen molar-refractivity contribution in [3.8, 4) is 0 Å².